The Balaban J connectivity index is 1.92. The molecular weight excluding hydrogens is 264 g/mol. The van der Waals surface area contributed by atoms with Gasteiger partial charge in [0.05, 0.1) is 11.3 Å². The van der Waals surface area contributed by atoms with Crippen LogP contribution in [0.5, 0.6) is 0 Å². The number of amides is 1. The smallest absolute Gasteiger partial charge is 0.255 e. The quantitative estimate of drug-likeness (QED) is 0.896. The molecule has 108 valence electrons. The molecule has 1 amide bonds. The summed E-state index contributed by atoms with van der Waals surface area (Å²) in [7, 11) is 0. The zero-order valence-corrected chi connectivity index (χ0v) is 12.0. The number of aryl methyl sites for hydroxylation is 1. The first-order chi connectivity index (χ1) is 10.2. The maximum Gasteiger partial charge on any atom is 0.255 e. The summed E-state index contributed by atoms with van der Waals surface area (Å²) in [4.78, 5) is 21.1. The number of nitrogens with one attached hydrogen (secondary N) is 2. The van der Waals surface area contributed by atoms with E-state index in [1.807, 2.05) is 37.3 Å². The normalized spacial score (nSPS) is 17.7. The van der Waals surface area contributed by atoms with Gasteiger partial charge in [0.2, 0.25) is 0 Å². The maximum atomic E-state index is 12.5. The monoisotopic (exact) mass is 282 g/mol. The maximum absolute atomic E-state index is 12.5. The fraction of sp³-hybridized carbons (Fsp3) is 0.312. The van der Waals surface area contributed by atoms with E-state index in [4.69, 9.17) is 0 Å². The Morgan fingerprint density at radius 3 is 2.86 bits per heavy atom. The zero-order valence-electron chi connectivity index (χ0n) is 12.0. The van der Waals surface area contributed by atoms with E-state index in [0.29, 0.717) is 17.1 Å². The molecule has 1 atom stereocenters. The van der Waals surface area contributed by atoms with Gasteiger partial charge in [0.1, 0.15) is 5.82 Å². The second-order valence-electron chi connectivity index (χ2n) is 5.21. The highest BCUT2D eigenvalue weighted by Crippen LogP contribution is 2.21. The molecule has 3 rings (SSSR count). The molecule has 0 spiro atoms. The minimum Gasteiger partial charge on any atom is -0.348 e. The number of aromatic nitrogens is 2. The molecule has 0 saturated carbocycles. The first kappa shape index (κ1) is 13.7. The summed E-state index contributed by atoms with van der Waals surface area (Å²) in [5.74, 6) is 0.551. The van der Waals surface area contributed by atoms with Gasteiger partial charge in [0.15, 0.2) is 0 Å². The van der Waals surface area contributed by atoms with Crippen molar-refractivity contribution in [3.63, 3.8) is 0 Å². The highest BCUT2D eigenvalue weighted by atomic mass is 16.1. The van der Waals surface area contributed by atoms with E-state index in [-0.39, 0.29) is 11.9 Å². The van der Waals surface area contributed by atoms with Crippen LogP contribution in [0.4, 0.5) is 0 Å². The van der Waals surface area contributed by atoms with Crippen molar-refractivity contribution in [2.24, 2.45) is 0 Å². The number of carbonyl (C=O) groups excluding carboxylic acids is 1. The van der Waals surface area contributed by atoms with Crippen LogP contribution in [0.1, 0.15) is 22.6 Å². The number of nitrogens with zero attached hydrogens (tertiary/aromatic N) is 2. The van der Waals surface area contributed by atoms with Crippen LogP contribution in [-0.4, -0.2) is 35.0 Å². The molecule has 2 N–H and O–H groups in total. The molecular formula is C16H18N4O. The number of hydrogen-bond donors (Lipinski definition) is 2. The molecule has 0 aliphatic carbocycles. The van der Waals surface area contributed by atoms with Crippen molar-refractivity contribution < 1.29 is 4.79 Å². The Kier molecular flexibility index (Phi) is 3.92. The van der Waals surface area contributed by atoms with Crippen LogP contribution in [-0.2, 0) is 0 Å². The van der Waals surface area contributed by atoms with Crippen LogP contribution in [0.25, 0.3) is 11.3 Å². The first-order valence-electron chi connectivity index (χ1n) is 7.14. The zero-order chi connectivity index (χ0) is 14.7. The van der Waals surface area contributed by atoms with Gasteiger partial charge >= 0.3 is 0 Å². The summed E-state index contributed by atoms with van der Waals surface area (Å²) in [5, 5.41) is 6.28. The van der Waals surface area contributed by atoms with Crippen LogP contribution < -0.4 is 10.6 Å². The summed E-state index contributed by atoms with van der Waals surface area (Å²) in [6.45, 7) is 3.59. The van der Waals surface area contributed by atoms with E-state index in [0.717, 1.165) is 25.1 Å². The third-order valence-electron chi connectivity index (χ3n) is 3.60. The summed E-state index contributed by atoms with van der Waals surface area (Å²) >= 11 is 0. The lowest BCUT2D eigenvalue weighted by atomic mass is 10.1. The van der Waals surface area contributed by atoms with Crippen LogP contribution in [0.2, 0.25) is 0 Å². The standard InChI is InChI=1S/C16H18N4O/c1-11-18-10-14(16(21)20-13-7-8-17-9-13)15(19-11)12-5-3-2-4-6-12/h2-6,10,13,17H,7-9H2,1H3,(H,20,21)/t13-/m1/s1. The van der Waals surface area contributed by atoms with Gasteiger partial charge in [-0.3, -0.25) is 4.79 Å². The van der Waals surface area contributed by atoms with E-state index in [9.17, 15) is 4.79 Å². The molecule has 2 heterocycles. The molecule has 0 radical (unpaired) electrons. The topological polar surface area (TPSA) is 66.9 Å². The molecule has 1 saturated heterocycles. The fourth-order valence-corrected chi connectivity index (χ4v) is 2.49. The summed E-state index contributed by atoms with van der Waals surface area (Å²) in [5.41, 5.74) is 2.14. The summed E-state index contributed by atoms with van der Waals surface area (Å²) in [6.07, 6.45) is 2.57. The highest BCUT2D eigenvalue weighted by Gasteiger charge is 2.21. The number of benzene rings is 1. The first-order valence-corrected chi connectivity index (χ1v) is 7.14. The number of rotatable bonds is 3. The van der Waals surface area contributed by atoms with Gasteiger partial charge in [-0.15, -0.1) is 0 Å². The van der Waals surface area contributed by atoms with Crippen LogP contribution in [0, 0.1) is 6.92 Å². The van der Waals surface area contributed by atoms with Crippen LogP contribution >= 0.6 is 0 Å². The molecule has 0 unspecified atom stereocenters. The Bertz CT molecular complexity index is 636. The molecule has 1 fully saturated rings. The molecule has 21 heavy (non-hydrogen) atoms. The molecule has 1 aliphatic rings. The second kappa shape index (κ2) is 6.01. The number of hydrogen-bond acceptors (Lipinski definition) is 4. The lowest BCUT2D eigenvalue weighted by Gasteiger charge is -2.13. The molecule has 1 aromatic carbocycles. The van der Waals surface area contributed by atoms with Crippen LogP contribution in [0.15, 0.2) is 36.5 Å². The molecule has 5 heteroatoms. The van der Waals surface area contributed by atoms with Gasteiger partial charge in [0, 0.05) is 24.3 Å². The van der Waals surface area contributed by atoms with Crippen molar-refractivity contribution >= 4 is 5.91 Å². The Hall–Kier alpha value is -2.27. The predicted molar refractivity (Wildman–Crippen MR) is 80.9 cm³/mol. The molecule has 2 aromatic rings. The van der Waals surface area contributed by atoms with E-state index in [2.05, 4.69) is 20.6 Å². The van der Waals surface area contributed by atoms with Crippen molar-refractivity contribution in [3.8, 4) is 11.3 Å². The molecule has 1 aliphatic heterocycles. The number of carbonyl (C=O) groups is 1. The largest absolute Gasteiger partial charge is 0.348 e. The van der Waals surface area contributed by atoms with Gasteiger partial charge in [-0.1, -0.05) is 30.3 Å². The van der Waals surface area contributed by atoms with Crippen molar-refractivity contribution in [1.29, 1.82) is 0 Å². The Morgan fingerprint density at radius 1 is 1.33 bits per heavy atom. The Morgan fingerprint density at radius 2 is 2.14 bits per heavy atom. The lowest BCUT2D eigenvalue weighted by molar-refractivity contribution is 0.0940. The molecule has 0 bridgehead atoms. The minimum absolute atomic E-state index is 0.109. The van der Waals surface area contributed by atoms with E-state index < -0.39 is 0 Å². The van der Waals surface area contributed by atoms with Crippen molar-refractivity contribution in [2.45, 2.75) is 19.4 Å². The van der Waals surface area contributed by atoms with Crippen molar-refractivity contribution in [3.05, 3.63) is 47.9 Å². The molecule has 1 aromatic heterocycles. The lowest BCUT2D eigenvalue weighted by Crippen LogP contribution is -2.36. The van der Waals surface area contributed by atoms with Crippen molar-refractivity contribution in [1.82, 2.24) is 20.6 Å². The van der Waals surface area contributed by atoms with Gasteiger partial charge < -0.3 is 10.6 Å². The van der Waals surface area contributed by atoms with Crippen LogP contribution in [0.3, 0.4) is 0 Å². The van der Waals surface area contributed by atoms with Gasteiger partial charge in [-0.2, -0.15) is 0 Å². The van der Waals surface area contributed by atoms with E-state index in [1.54, 1.807) is 6.20 Å². The van der Waals surface area contributed by atoms with Crippen molar-refractivity contribution in [2.75, 3.05) is 13.1 Å². The Labute approximate surface area is 123 Å². The third kappa shape index (κ3) is 3.08. The van der Waals surface area contributed by atoms with E-state index >= 15 is 0 Å². The highest BCUT2D eigenvalue weighted by molar-refractivity contribution is 5.99. The second-order valence-corrected chi connectivity index (χ2v) is 5.21. The summed E-state index contributed by atoms with van der Waals surface area (Å²) < 4.78 is 0. The predicted octanol–water partition coefficient (Wildman–Crippen LogP) is 1.54. The SMILES string of the molecule is Cc1ncc(C(=O)N[C@@H]2CCNC2)c(-c2ccccc2)n1. The van der Waals surface area contributed by atoms with Gasteiger partial charge in [-0.05, 0) is 19.9 Å². The molecule has 5 nitrogen and oxygen atoms in total. The minimum atomic E-state index is -0.109. The van der Waals surface area contributed by atoms with E-state index in [1.165, 1.54) is 0 Å². The van der Waals surface area contributed by atoms with Gasteiger partial charge in [0.25, 0.3) is 5.91 Å². The summed E-state index contributed by atoms with van der Waals surface area (Å²) in [6, 6.07) is 9.92. The van der Waals surface area contributed by atoms with Gasteiger partial charge in [-0.25, -0.2) is 9.97 Å². The average molecular weight is 282 g/mol. The fourth-order valence-electron chi connectivity index (χ4n) is 2.49. The third-order valence-corrected chi connectivity index (χ3v) is 3.60. The average Bonchev–Trinajstić information content (AvgIpc) is 3.01.